The fourth-order valence-corrected chi connectivity index (χ4v) is 3.38. The normalized spacial score (nSPS) is 13.3. The van der Waals surface area contributed by atoms with Gasteiger partial charge < -0.3 is 5.11 Å². The molecule has 0 saturated heterocycles. The van der Waals surface area contributed by atoms with Crippen LogP contribution in [0.1, 0.15) is 18.0 Å². The van der Waals surface area contributed by atoms with E-state index < -0.39 is 23.3 Å². The Labute approximate surface area is 147 Å². The molecule has 6 nitrogen and oxygen atoms in total. The lowest BCUT2D eigenvalue weighted by Crippen LogP contribution is -2.32. The maximum absolute atomic E-state index is 12.0. The molecule has 0 spiro atoms. The fourth-order valence-electron chi connectivity index (χ4n) is 2.70. The van der Waals surface area contributed by atoms with E-state index in [9.17, 15) is 18.7 Å². The molecule has 3 rings (SSSR count). The molecular weight excluding hydrogens is 340 g/mol. The Bertz CT molecular complexity index is 917. The van der Waals surface area contributed by atoms with Gasteiger partial charge in [-0.25, -0.2) is 13.5 Å². The largest absolute Gasteiger partial charge is 0.481 e. The second kappa shape index (κ2) is 7.42. The zero-order valence-corrected chi connectivity index (χ0v) is 14.0. The van der Waals surface area contributed by atoms with Gasteiger partial charge in [-0.1, -0.05) is 48.5 Å². The van der Waals surface area contributed by atoms with E-state index in [1.807, 2.05) is 18.2 Å². The highest BCUT2D eigenvalue weighted by molar-refractivity contribution is 7.80. The summed E-state index contributed by atoms with van der Waals surface area (Å²) in [4.78, 5) is 15.8. The van der Waals surface area contributed by atoms with Crippen molar-refractivity contribution in [1.82, 2.24) is 4.98 Å². The number of carbonyl (C=O) groups is 1. The van der Waals surface area contributed by atoms with Gasteiger partial charge in [-0.2, -0.15) is 0 Å². The second-order valence-electron chi connectivity index (χ2n) is 5.44. The van der Waals surface area contributed by atoms with E-state index in [1.54, 1.807) is 48.5 Å². The van der Waals surface area contributed by atoms with Crippen LogP contribution in [0.3, 0.4) is 0 Å². The average Bonchev–Trinajstić information content (AvgIpc) is 2.61. The van der Waals surface area contributed by atoms with E-state index in [1.165, 1.54) is 0 Å². The lowest BCUT2D eigenvalue weighted by atomic mass is 10.0. The molecule has 0 bridgehead atoms. The number of para-hydroxylation sites is 1. The van der Waals surface area contributed by atoms with Crippen LogP contribution in [0.5, 0.6) is 0 Å². The highest BCUT2D eigenvalue weighted by Gasteiger charge is 2.28. The van der Waals surface area contributed by atoms with Crippen LogP contribution in [-0.2, 0) is 16.1 Å². The zero-order valence-electron chi connectivity index (χ0n) is 13.1. The van der Waals surface area contributed by atoms with Crippen molar-refractivity contribution in [2.24, 2.45) is 0 Å². The second-order valence-corrected chi connectivity index (χ2v) is 6.30. The Balaban J connectivity index is 2.10. The topological polar surface area (TPSA) is 90.7 Å². The summed E-state index contributed by atoms with van der Waals surface area (Å²) in [6.45, 7) is 0. The van der Waals surface area contributed by atoms with E-state index in [4.69, 9.17) is 0 Å². The third-order valence-electron chi connectivity index (χ3n) is 3.81. The number of hydrogen-bond donors (Lipinski definition) is 2. The Morgan fingerprint density at radius 3 is 2.40 bits per heavy atom. The summed E-state index contributed by atoms with van der Waals surface area (Å²) in [7, 11) is 0. The van der Waals surface area contributed by atoms with Crippen LogP contribution in [0.4, 0.5) is 5.82 Å². The first kappa shape index (κ1) is 17.1. The van der Waals surface area contributed by atoms with Gasteiger partial charge in [0.15, 0.2) is 0 Å². The number of carboxylic acids is 1. The molecule has 25 heavy (non-hydrogen) atoms. The molecule has 0 aliphatic rings. The number of rotatable bonds is 6. The molecule has 0 aliphatic heterocycles. The van der Waals surface area contributed by atoms with Gasteiger partial charge in [0.2, 0.25) is 0 Å². The van der Waals surface area contributed by atoms with Gasteiger partial charge in [0, 0.05) is 5.39 Å². The van der Waals surface area contributed by atoms with Crippen molar-refractivity contribution in [3.63, 3.8) is 0 Å². The van der Waals surface area contributed by atoms with Crippen LogP contribution in [0, 0.1) is 0 Å². The maximum Gasteiger partial charge on any atom is 0.305 e. The first-order chi connectivity index (χ1) is 12.1. The Kier molecular flexibility index (Phi) is 5.06. The number of benzene rings is 2. The summed E-state index contributed by atoms with van der Waals surface area (Å²) in [6, 6.07) is 18.8. The monoisotopic (exact) mass is 356 g/mol. The number of carboxylic acid groups (broad SMARTS) is 1. The molecule has 1 heterocycles. The van der Waals surface area contributed by atoms with Crippen LogP contribution in [-0.4, -0.2) is 24.8 Å². The summed E-state index contributed by atoms with van der Waals surface area (Å²) in [5.74, 6) is -0.820. The first-order valence-electron chi connectivity index (χ1n) is 7.59. The minimum absolute atomic E-state index is 0.245. The number of hydrogen-bond acceptors (Lipinski definition) is 3. The average molecular weight is 356 g/mol. The van der Waals surface area contributed by atoms with Crippen molar-refractivity contribution in [3.8, 4) is 0 Å². The van der Waals surface area contributed by atoms with Gasteiger partial charge in [-0.3, -0.25) is 9.35 Å². The van der Waals surface area contributed by atoms with Crippen molar-refractivity contribution in [3.05, 3.63) is 72.3 Å². The van der Waals surface area contributed by atoms with Crippen LogP contribution >= 0.6 is 0 Å². The van der Waals surface area contributed by atoms with E-state index in [0.717, 1.165) is 9.69 Å². The standard InChI is InChI=1S/C18H16N2O4S/c21-18(22)12-16(14-7-2-1-3-8-14)20(25(23)24)17-11-10-13-6-4-5-9-15(13)19-17/h1-11,16H,12H2,(H,21,22)(H,23,24). The predicted molar refractivity (Wildman–Crippen MR) is 96.4 cm³/mol. The Morgan fingerprint density at radius 1 is 1.04 bits per heavy atom. The van der Waals surface area contributed by atoms with Gasteiger partial charge in [0.25, 0.3) is 11.3 Å². The van der Waals surface area contributed by atoms with Crippen LogP contribution in [0.15, 0.2) is 66.7 Å². The van der Waals surface area contributed by atoms with E-state index >= 15 is 0 Å². The number of aromatic nitrogens is 1. The number of aliphatic carboxylic acids is 1. The highest BCUT2D eigenvalue weighted by atomic mass is 32.2. The summed E-state index contributed by atoms with van der Waals surface area (Å²) in [5.41, 5.74) is 1.29. The van der Waals surface area contributed by atoms with Crippen LogP contribution < -0.4 is 4.31 Å². The summed E-state index contributed by atoms with van der Waals surface area (Å²) >= 11 is -2.44. The SMILES string of the molecule is O=C(O)CC(c1ccccc1)N(c1ccc2ccccc2n1)S(=O)O. The minimum atomic E-state index is -2.44. The van der Waals surface area contributed by atoms with Crippen molar-refractivity contribution in [2.75, 3.05) is 4.31 Å². The lowest BCUT2D eigenvalue weighted by Gasteiger charge is -2.28. The number of fused-ring (bicyclic) bond motifs is 1. The number of anilines is 1. The molecule has 2 aromatic carbocycles. The van der Waals surface area contributed by atoms with Gasteiger partial charge in [0.05, 0.1) is 18.0 Å². The van der Waals surface area contributed by atoms with Crippen molar-refractivity contribution in [1.29, 1.82) is 0 Å². The third kappa shape index (κ3) is 3.84. The van der Waals surface area contributed by atoms with Crippen LogP contribution in [0.2, 0.25) is 0 Å². The van der Waals surface area contributed by atoms with Gasteiger partial charge in [-0.05, 0) is 23.8 Å². The van der Waals surface area contributed by atoms with E-state index in [2.05, 4.69) is 4.98 Å². The first-order valence-corrected chi connectivity index (χ1v) is 8.65. The molecule has 2 atom stereocenters. The lowest BCUT2D eigenvalue weighted by molar-refractivity contribution is -0.137. The molecule has 0 amide bonds. The smallest absolute Gasteiger partial charge is 0.305 e. The quantitative estimate of drug-likeness (QED) is 0.661. The molecule has 3 aromatic rings. The molecule has 0 aliphatic carbocycles. The maximum atomic E-state index is 12.0. The summed E-state index contributed by atoms with van der Waals surface area (Å²) < 4.78 is 23.0. The molecule has 0 saturated carbocycles. The highest BCUT2D eigenvalue weighted by Crippen LogP contribution is 2.31. The molecule has 2 N–H and O–H groups in total. The Hall–Kier alpha value is -2.77. The molecule has 1 aromatic heterocycles. The van der Waals surface area contributed by atoms with E-state index in [0.29, 0.717) is 11.1 Å². The van der Waals surface area contributed by atoms with Crippen molar-refractivity contribution >= 4 is 34.0 Å². The molecule has 7 heteroatoms. The third-order valence-corrected chi connectivity index (χ3v) is 4.59. The zero-order chi connectivity index (χ0) is 17.8. The number of nitrogens with zero attached hydrogens (tertiary/aromatic N) is 2. The molecule has 0 fully saturated rings. The van der Waals surface area contributed by atoms with Crippen molar-refractivity contribution < 1.29 is 18.7 Å². The van der Waals surface area contributed by atoms with Crippen LogP contribution in [0.25, 0.3) is 10.9 Å². The minimum Gasteiger partial charge on any atom is -0.481 e. The molecule has 0 radical (unpaired) electrons. The molecule has 2 unspecified atom stereocenters. The molecule has 128 valence electrons. The fraction of sp³-hybridized carbons (Fsp3) is 0.111. The van der Waals surface area contributed by atoms with Gasteiger partial charge >= 0.3 is 5.97 Å². The van der Waals surface area contributed by atoms with E-state index in [-0.39, 0.29) is 12.2 Å². The molecular formula is C18H16N2O4S. The number of pyridine rings is 1. The summed E-state index contributed by atoms with van der Waals surface area (Å²) in [6.07, 6.45) is -0.329. The van der Waals surface area contributed by atoms with Crippen molar-refractivity contribution in [2.45, 2.75) is 12.5 Å². The van der Waals surface area contributed by atoms with Gasteiger partial charge in [0.1, 0.15) is 5.82 Å². The Morgan fingerprint density at radius 2 is 1.72 bits per heavy atom. The summed E-state index contributed by atoms with van der Waals surface area (Å²) in [5, 5.41) is 10.2. The van der Waals surface area contributed by atoms with Gasteiger partial charge in [-0.15, -0.1) is 0 Å². The predicted octanol–water partition coefficient (Wildman–Crippen LogP) is 3.39.